The minimum atomic E-state index is -3.26. The molecule has 0 saturated carbocycles. The predicted octanol–water partition coefficient (Wildman–Crippen LogP) is 2.38. The van der Waals surface area contributed by atoms with Crippen molar-refractivity contribution in [3.8, 4) is 12.3 Å². The molecule has 4 heteroatoms. The Morgan fingerprint density at radius 2 is 1.95 bits per heavy atom. The fourth-order valence-corrected chi connectivity index (χ4v) is 4.28. The van der Waals surface area contributed by atoms with Gasteiger partial charge in [-0.05, 0) is 29.5 Å². The normalized spacial score (nSPS) is 26.0. The van der Waals surface area contributed by atoms with E-state index in [1.807, 2.05) is 13.8 Å². The molecule has 102 valence electrons. The van der Waals surface area contributed by atoms with Crippen LogP contribution in [0.4, 0.5) is 0 Å². The van der Waals surface area contributed by atoms with Crippen molar-refractivity contribution in [1.82, 2.24) is 0 Å². The Bertz CT molecular complexity index is 579. The maximum atomic E-state index is 12.3. The van der Waals surface area contributed by atoms with E-state index in [9.17, 15) is 8.42 Å². The van der Waals surface area contributed by atoms with Crippen molar-refractivity contribution in [2.45, 2.75) is 19.3 Å². The van der Waals surface area contributed by atoms with Gasteiger partial charge in [-0.1, -0.05) is 31.9 Å². The molecule has 0 amide bonds. The summed E-state index contributed by atoms with van der Waals surface area (Å²) < 4.78 is 30.2. The van der Waals surface area contributed by atoms with Crippen molar-refractivity contribution >= 4 is 9.84 Å². The summed E-state index contributed by atoms with van der Waals surface area (Å²) in [5.41, 5.74) is 0.535. The monoisotopic (exact) mass is 278 g/mol. The van der Waals surface area contributed by atoms with Crippen LogP contribution in [-0.2, 0) is 14.6 Å². The fourth-order valence-electron chi connectivity index (χ4n) is 2.17. The molecule has 0 radical (unpaired) electrons. The van der Waals surface area contributed by atoms with Crippen LogP contribution in [-0.4, -0.2) is 20.8 Å². The average molecular weight is 278 g/mol. The van der Waals surface area contributed by atoms with Gasteiger partial charge >= 0.3 is 0 Å². The van der Waals surface area contributed by atoms with Gasteiger partial charge in [0.25, 0.3) is 0 Å². The first-order valence-corrected chi connectivity index (χ1v) is 8.05. The molecule has 0 N–H and O–H groups in total. The van der Waals surface area contributed by atoms with Crippen molar-refractivity contribution in [2.75, 3.05) is 12.4 Å². The van der Waals surface area contributed by atoms with Crippen LogP contribution < -0.4 is 0 Å². The zero-order valence-electron chi connectivity index (χ0n) is 11.2. The Labute approximate surface area is 114 Å². The Hall–Kier alpha value is -1.31. The summed E-state index contributed by atoms with van der Waals surface area (Å²) in [5.74, 6) is 3.08. The van der Waals surface area contributed by atoms with Gasteiger partial charge in [-0.2, -0.15) is 0 Å². The van der Waals surface area contributed by atoms with Crippen molar-refractivity contribution < 1.29 is 13.2 Å². The Morgan fingerprint density at radius 3 is 2.42 bits per heavy atom. The minimum Gasteiger partial charge on any atom is -0.357 e. The van der Waals surface area contributed by atoms with Crippen LogP contribution in [0.1, 0.15) is 30.4 Å². The molecular formula is C15H18O3S. The topological polar surface area (TPSA) is 43.4 Å². The maximum absolute atomic E-state index is 12.3. The van der Waals surface area contributed by atoms with E-state index < -0.39 is 15.3 Å². The highest BCUT2D eigenvalue weighted by molar-refractivity contribution is 7.91. The molecule has 0 bridgehead atoms. The molecule has 2 unspecified atom stereocenters. The molecule has 1 fully saturated rings. The van der Waals surface area contributed by atoms with Crippen LogP contribution in [0.5, 0.6) is 0 Å². The molecule has 2 atom stereocenters. The largest absolute Gasteiger partial charge is 0.357 e. The van der Waals surface area contributed by atoms with E-state index >= 15 is 0 Å². The second-order valence-electron chi connectivity index (χ2n) is 5.27. The number of hydrogen-bond acceptors (Lipinski definition) is 3. The summed E-state index contributed by atoms with van der Waals surface area (Å²) in [6.07, 6.45) is 5.28. The average Bonchev–Trinajstić information content (AvgIpc) is 2.37. The molecule has 1 aromatic carbocycles. The summed E-state index contributed by atoms with van der Waals surface area (Å²) in [4.78, 5) is 0. The van der Waals surface area contributed by atoms with Crippen molar-refractivity contribution in [3.63, 3.8) is 0 Å². The summed E-state index contributed by atoms with van der Waals surface area (Å²) in [7, 11) is -3.26. The number of ether oxygens (including phenoxy) is 1. The van der Waals surface area contributed by atoms with Crippen LogP contribution in [0, 0.1) is 24.2 Å². The molecule has 0 spiro atoms. The van der Waals surface area contributed by atoms with Gasteiger partial charge in [0.1, 0.15) is 0 Å². The first-order valence-electron chi connectivity index (χ1n) is 6.34. The molecule has 19 heavy (non-hydrogen) atoms. The van der Waals surface area contributed by atoms with Gasteiger partial charge in [-0.15, -0.1) is 6.42 Å². The molecule has 1 saturated heterocycles. The van der Waals surface area contributed by atoms with Gasteiger partial charge in [-0.25, -0.2) is 8.42 Å². The van der Waals surface area contributed by atoms with E-state index in [0.29, 0.717) is 18.1 Å². The van der Waals surface area contributed by atoms with Crippen molar-refractivity contribution in [2.24, 2.45) is 11.8 Å². The first kappa shape index (κ1) is 14.1. The van der Waals surface area contributed by atoms with Gasteiger partial charge in [0.15, 0.2) is 15.3 Å². The van der Waals surface area contributed by atoms with E-state index in [-0.39, 0.29) is 11.7 Å². The van der Waals surface area contributed by atoms with Gasteiger partial charge in [-0.3, -0.25) is 0 Å². The third kappa shape index (κ3) is 2.99. The number of hydrogen-bond donors (Lipinski definition) is 0. The zero-order chi connectivity index (χ0) is 14.0. The van der Waals surface area contributed by atoms with Crippen LogP contribution >= 0.6 is 0 Å². The quantitative estimate of drug-likeness (QED) is 0.780. The summed E-state index contributed by atoms with van der Waals surface area (Å²) in [5, 5.41) is 0. The molecule has 0 aromatic heterocycles. The second-order valence-corrected chi connectivity index (χ2v) is 7.35. The standard InChI is InChI=1S/C15H18O3S/c1-4-12-5-7-13(8-6-12)15-18-9-14(11(2)3)10-19(15,16)17/h1,5-8,11,14-15H,9-10H2,2-3H3. The first-order chi connectivity index (χ1) is 8.94. The smallest absolute Gasteiger partial charge is 0.183 e. The Kier molecular flexibility index (Phi) is 3.98. The van der Waals surface area contributed by atoms with Gasteiger partial charge in [0.05, 0.1) is 12.4 Å². The van der Waals surface area contributed by atoms with Gasteiger partial charge in [0, 0.05) is 5.56 Å². The van der Waals surface area contributed by atoms with E-state index in [4.69, 9.17) is 11.2 Å². The van der Waals surface area contributed by atoms with Gasteiger partial charge in [0.2, 0.25) is 0 Å². The highest BCUT2D eigenvalue weighted by Crippen LogP contribution is 2.33. The number of benzene rings is 1. The molecule has 1 aliphatic heterocycles. The molecule has 1 heterocycles. The lowest BCUT2D eigenvalue weighted by Crippen LogP contribution is -2.35. The maximum Gasteiger partial charge on any atom is 0.183 e. The summed E-state index contributed by atoms with van der Waals surface area (Å²) >= 11 is 0. The Morgan fingerprint density at radius 1 is 1.32 bits per heavy atom. The van der Waals surface area contributed by atoms with E-state index in [1.165, 1.54) is 0 Å². The van der Waals surface area contributed by atoms with Crippen molar-refractivity contribution in [1.29, 1.82) is 0 Å². The third-order valence-electron chi connectivity index (χ3n) is 3.53. The Balaban J connectivity index is 2.24. The van der Waals surface area contributed by atoms with Crippen LogP contribution in [0.15, 0.2) is 24.3 Å². The predicted molar refractivity (Wildman–Crippen MR) is 75.2 cm³/mol. The lowest BCUT2D eigenvalue weighted by atomic mass is 9.99. The lowest BCUT2D eigenvalue weighted by Gasteiger charge is -2.31. The van der Waals surface area contributed by atoms with Gasteiger partial charge < -0.3 is 4.74 Å². The number of terminal acetylenes is 1. The number of rotatable bonds is 2. The number of sulfone groups is 1. The highest BCUT2D eigenvalue weighted by Gasteiger charge is 2.37. The molecular weight excluding hydrogens is 260 g/mol. The molecule has 2 rings (SSSR count). The summed E-state index contributed by atoms with van der Waals surface area (Å²) in [6, 6.07) is 6.94. The van der Waals surface area contributed by atoms with Crippen LogP contribution in [0.2, 0.25) is 0 Å². The third-order valence-corrected chi connectivity index (χ3v) is 5.48. The zero-order valence-corrected chi connectivity index (χ0v) is 12.0. The lowest BCUT2D eigenvalue weighted by molar-refractivity contribution is 0.0532. The fraction of sp³-hybridized carbons (Fsp3) is 0.467. The minimum absolute atomic E-state index is 0.0752. The van der Waals surface area contributed by atoms with Crippen LogP contribution in [0.3, 0.4) is 0 Å². The van der Waals surface area contributed by atoms with Crippen LogP contribution in [0.25, 0.3) is 0 Å². The molecule has 1 aromatic rings. The summed E-state index contributed by atoms with van der Waals surface area (Å²) in [6.45, 7) is 4.52. The molecule has 0 aliphatic carbocycles. The van der Waals surface area contributed by atoms with Crippen molar-refractivity contribution in [3.05, 3.63) is 35.4 Å². The van der Waals surface area contributed by atoms with E-state index in [1.54, 1.807) is 24.3 Å². The molecule has 3 nitrogen and oxygen atoms in total. The highest BCUT2D eigenvalue weighted by atomic mass is 32.2. The molecule has 1 aliphatic rings. The SMILES string of the molecule is C#Cc1ccc(C2OCC(C(C)C)CS2(=O)=O)cc1. The van der Waals surface area contributed by atoms with E-state index in [2.05, 4.69) is 5.92 Å². The van der Waals surface area contributed by atoms with E-state index in [0.717, 1.165) is 5.56 Å². The second kappa shape index (κ2) is 5.36.